The van der Waals surface area contributed by atoms with E-state index in [1.807, 2.05) is 10.8 Å². The summed E-state index contributed by atoms with van der Waals surface area (Å²) in [7, 11) is 3.64. The monoisotopic (exact) mass is 207 g/mol. The quantitative estimate of drug-likeness (QED) is 0.202. The normalized spacial score (nSPS) is 9.42. The molecular formula is C6H13N3OS2. The molecule has 0 aromatic rings. The van der Waals surface area contributed by atoms with Crippen LogP contribution in [0.1, 0.15) is 6.92 Å². The van der Waals surface area contributed by atoms with E-state index in [0.717, 1.165) is 18.1 Å². The van der Waals surface area contributed by atoms with E-state index in [1.165, 1.54) is 0 Å². The third-order valence-corrected chi connectivity index (χ3v) is 3.35. The van der Waals surface area contributed by atoms with Gasteiger partial charge in [0.25, 0.3) is 0 Å². The lowest BCUT2D eigenvalue weighted by molar-refractivity contribution is 0.158. The summed E-state index contributed by atoms with van der Waals surface area (Å²) >= 11 is 0. The van der Waals surface area contributed by atoms with E-state index in [0.29, 0.717) is 13.2 Å². The summed E-state index contributed by atoms with van der Waals surface area (Å²) < 4.78 is 5.18. The SMILES string of the molecule is CCSSCCOCCN=[N+]=[N-]. The predicted octanol–water partition coefficient (Wildman–Crippen LogP) is 2.71. The van der Waals surface area contributed by atoms with Crippen molar-refractivity contribution in [1.29, 1.82) is 0 Å². The first-order valence-corrected chi connectivity index (χ1v) is 6.23. The van der Waals surface area contributed by atoms with Gasteiger partial charge in [-0.05, 0) is 5.53 Å². The van der Waals surface area contributed by atoms with Crippen LogP contribution < -0.4 is 0 Å². The lowest BCUT2D eigenvalue weighted by Crippen LogP contribution is -2.00. The molecule has 0 radical (unpaired) electrons. The van der Waals surface area contributed by atoms with Crippen LogP contribution in [-0.4, -0.2) is 31.3 Å². The molecule has 0 bridgehead atoms. The molecule has 0 fully saturated rings. The fourth-order valence-corrected chi connectivity index (χ4v) is 2.02. The second-order valence-electron chi connectivity index (χ2n) is 1.80. The van der Waals surface area contributed by atoms with Gasteiger partial charge in [-0.2, -0.15) is 0 Å². The lowest BCUT2D eigenvalue weighted by Gasteiger charge is -1.99. The molecule has 0 aliphatic carbocycles. The minimum atomic E-state index is 0.433. The fraction of sp³-hybridized carbons (Fsp3) is 1.00. The van der Waals surface area contributed by atoms with Crippen LogP contribution in [0.4, 0.5) is 0 Å². The highest BCUT2D eigenvalue weighted by Gasteiger charge is 1.88. The van der Waals surface area contributed by atoms with Crippen molar-refractivity contribution in [1.82, 2.24) is 0 Å². The molecule has 0 amide bonds. The Bertz CT molecular complexity index is 139. The van der Waals surface area contributed by atoms with Gasteiger partial charge in [0, 0.05) is 23.0 Å². The summed E-state index contributed by atoms with van der Waals surface area (Å²) in [6.07, 6.45) is 0. The smallest absolute Gasteiger partial charge is 0.0565 e. The third kappa shape index (κ3) is 9.97. The number of azide groups is 1. The topological polar surface area (TPSA) is 58.0 Å². The van der Waals surface area contributed by atoms with Crippen LogP contribution in [0, 0.1) is 0 Å². The maximum absolute atomic E-state index is 7.93. The number of ether oxygens (including phenoxy) is 1. The van der Waals surface area contributed by atoms with E-state index in [1.54, 1.807) is 10.8 Å². The largest absolute Gasteiger partial charge is 0.380 e. The van der Waals surface area contributed by atoms with E-state index < -0.39 is 0 Å². The molecule has 4 nitrogen and oxygen atoms in total. The van der Waals surface area contributed by atoms with Crippen molar-refractivity contribution in [3.05, 3.63) is 10.4 Å². The van der Waals surface area contributed by atoms with Gasteiger partial charge in [-0.15, -0.1) is 0 Å². The van der Waals surface area contributed by atoms with Gasteiger partial charge in [0.1, 0.15) is 0 Å². The van der Waals surface area contributed by atoms with Gasteiger partial charge in [-0.3, -0.25) is 0 Å². The zero-order chi connectivity index (χ0) is 9.07. The Morgan fingerprint density at radius 3 is 2.92 bits per heavy atom. The maximum Gasteiger partial charge on any atom is 0.0565 e. The van der Waals surface area contributed by atoms with E-state index in [4.69, 9.17) is 10.3 Å². The summed E-state index contributed by atoms with van der Waals surface area (Å²) in [6, 6.07) is 0. The molecule has 0 heterocycles. The zero-order valence-electron chi connectivity index (χ0n) is 7.10. The van der Waals surface area contributed by atoms with E-state index in [2.05, 4.69) is 16.9 Å². The molecule has 0 atom stereocenters. The van der Waals surface area contributed by atoms with Gasteiger partial charge in [-0.25, -0.2) is 0 Å². The molecule has 0 saturated heterocycles. The molecule has 0 N–H and O–H groups in total. The highest BCUT2D eigenvalue weighted by molar-refractivity contribution is 8.76. The Morgan fingerprint density at radius 2 is 2.25 bits per heavy atom. The standard InChI is InChI=1S/C6H13N3OS2/c1-2-11-12-6-5-10-4-3-8-9-7/h2-6H2,1H3. The first-order chi connectivity index (χ1) is 5.91. The predicted molar refractivity (Wildman–Crippen MR) is 55.4 cm³/mol. The van der Waals surface area contributed by atoms with Crippen LogP contribution in [0.3, 0.4) is 0 Å². The van der Waals surface area contributed by atoms with Crippen LogP contribution in [0.5, 0.6) is 0 Å². The summed E-state index contributed by atoms with van der Waals surface area (Å²) in [5.74, 6) is 2.12. The Balaban J connectivity index is 2.86. The van der Waals surface area contributed by atoms with Gasteiger partial charge in [0.05, 0.1) is 13.2 Å². The van der Waals surface area contributed by atoms with E-state index >= 15 is 0 Å². The Morgan fingerprint density at radius 1 is 1.42 bits per heavy atom. The minimum absolute atomic E-state index is 0.433. The Labute approximate surface area is 80.5 Å². The summed E-state index contributed by atoms with van der Waals surface area (Å²) in [5.41, 5.74) is 7.93. The van der Waals surface area contributed by atoms with Crippen molar-refractivity contribution >= 4 is 21.6 Å². The van der Waals surface area contributed by atoms with Crippen molar-refractivity contribution in [2.45, 2.75) is 6.92 Å². The first-order valence-electron chi connectivity index (χ1n) is 3.74. The molecular weight excluding hydrogens is 194 g/mol. The zero-order valence-corrected chi connectivity index (χ0v) is 8.73. The Hall–Kier alpha value is -0.0300. The number of hydrogen-bond donors (Lipinski definition) is 0. The molecule has 0 spiro atoms. The second-order valence-corrected chi connectivity index (χ2v) is 4.67. The first kappa shape index (κ1) is 12.0. The molecule has 70 valence electrons. The van der Waals surface area contributed by atoms with Crippen molar-refractivity contribution in [3.63, 3.8) is 0 Å². The van der Waals surface area contributed by atoms with Gasteiger partial charge in [0.15, 0.2) is 0 Å². The summed E-state index contributed by atoms with van der Waals surface area (Å²) in [5, 5.41) is 3.35. The van der Waals surface area contributed by atoms with Crippen molar-refractivity contribution in [2.24, 2.45) is 5.11 Å². The van der Waals surface area contributed by atoms with Crippen LogP contribution in [0.25, 0.3) is 10.4 Å². The number of nitrogens with zero attached hydrogens (tertiary/aromatic N) is 3. The van der Waals surface area contributed by atoms with Crippen LogP contribution in [0.2, 0.25) is 0 Å². The molecule has 0 unspecified atom stereocenters. The highest BCUT2D eigenvalue weighted by atomic mass is 33.1. The second kappa shape index (κ2) is 11.0. The van der Waals surface area contributed by atoms with E-state index in [9.17, 15) is 0 Å². The molecule has 6 heteroatoms. The van der Waals surface area contributed by atoms with Gasteiger partial charge in [0.2, 0.25) is 0 Å². The van der Waals surface area contributed by atoms with Crippen molar-refractivity contribution in [3.8, 4) is 0 Å². The lowest BCUT2D eigenvalue weighted by atomic mass is 10.7. The maximum atomic E-state index is 7.93. The van der Waals surface area contributed by atoms with Crippen LogP contribution in [-0.2, 0) is 4.74 Å². The van der Waals surface area contributed by atoms with E-state index in [-0.39, 0.29) is 0 Å². The summed E-state index contributed by atoms with van der Waals surface area (Å²) in [6.45, 7) is 3.82. The Kier molecular flexibility index (Phi) is 10.9. The van der Waals surface area contributed by atoms with Gasteiger partial charge >= 0.3 is 0 Å². The average Bonchev–Trinajstić information content (AvgIpc) is 2.10. The van der Waals surface area contributed by atoms with Crippen LogP contribution in [0.15, 0.2) is 5.11 Å². The molecule has 0 aliphatic heterocycles. The molecule has 0 rings (SSSR count). The fourth-order valence-electron chi connectivity index (χ4n) is 0.487. The molecule has 0 aliphatic rings. The molecule has 12 heavy (non-hydrogen) atoms. The average molecular weight is 207 g/mol. The molecule has 0 aromatic carbocycles. The van der Waals surface area contributed by atoms with Crippen molar-refractivity contribution in [2.75, 3.05) is 31.3 Å². The number of rotatable bonds is 8. The third-order valence-electron chi connectivity index (χ3n) is 0.911. The van der Waals surface area contributed by atoms with Gasteiger partial charge < -0.3 is 4.74 Å². The van der Waals surface area contributed by atoms with Gasteiger partial charge in [-0.1, -0.05) is 33.6 Å². The van der Waals surface area contributed by atoms with Crippen molar-refractivity contribution < 1.29 is 4.74 Å². The summed E-state index contributed by atoms with van der Waals surface area (Å²) in [4.78, 5) is 2.62. The molecule has 0 saturated carbocycles. The minimum Gasteiger partial charge on any atom is -0.380 e. The van der Waals surface area contributed by atoms with Crippen LogP contribution >= 0.6 is 21.6 Å². The highest BCUT2D eigenvalue weighted by Crippen LogP contribution is 2.19. The number of hydrogen-bond acceptors (Lipinski definition) is 4. The molecule has 0 aromatic heterocycles.